The Balaban J connectivity index is 1.27. The number of carbonyl (C=O) groups is 1. The Morgan fingerprint density at radius 3 is 2.48 bits per heavy atom. The second-order valence-electron chi connectivity index (χ2n) is 7.20. The molecular formula is C25H16BrClN4O2. The van der Waals surface area contributed by atoms with Crippen LogP contribution in [0.1, 0.15) is 5.76 Å². The Hall–Kier alpha value is -3.68. The summed E-state index contributed by atoms with van der Waals surface area (Å²) in [6, 6.07) is 24.1. The SMILES string of the molecule is O=C(C=Cc1ccc(-c2ccc(Cl)cc2)o1)Nc1ccc2nn(-c3ccc(Br)cc3)nc2c1. The van der Waals surface area contributed by atoms with Gasteiger partial charge in [-0.15, -0.1) is 10.2 Å². The summed E-state index contributed by atoms with van der Waals surface area (Å²) in [7, 11) is 0. The highest BCUT2D eigenvalue weighted by atomic mass is 79.9. The van der Waals surface area contributed by atoms with E-state index in [1.807, 2.05) is 48.5 Å². The second kappa shape index (κ2) is 9.05. The molecule has 2 heterocycles. The standard InChI is InChI=1S/C25H16BrClN4O2/c26-17-3-8-20(9-4-17)31-29-22-12-7-19(15-23(22)30-31)28-25(32)14-11-21-10-13-24(33-21)16-1-5-18(27)6-2-16/h1-15H,(H,28,32). The molecule has 0 radical (unpaired) electrons. The summed E-state index contributed by atoms with van der Waals surface area (Å²) in [6.07, 6.45) is 3.05. The Morgan fingerprint density at radius 2 is 1.70 bits per heavy atom. The maximum Gasteiger partial charge on any atom is 0.248 e. The monoisotopic (exact) mass is 518 g/mol. The van der Waals surface area contributed by atoms with Crippen molar-refractivity contribution in [1.82, 2.24) is 15.0 Å². The lowest BCUT2D eigenvalue weighted by Gasteiger charge is -2.00. The molecule has 0 saturated heterocycles. The minimum atomic E-state index is -0.279. The molecule has 0 aliphatic heterocycles. The van der Waals surface area contributed by atoms with Gasteiger partial charge in [0.2, 0.25) is 5.91 Å². The number of halogens is 2. The molecule has 0 aliphatic carbocycles. The van der Waals surface area contributed by atoms with E-state index in [1.54, 1.807) is 41.2 Å². The smallest absolute Gasteiger partial charge is 0.248 e. The van der Waals surface area contributed by atoms with E-state index in [1.165, 1.54) is 6.08 Å². The lowest BCUT2D eigenvalue weighted by molar-refractivity contribution is -0.111. The normalized spacial score (nSPS) is 11.3. The third-order valence-electron chi connectivity index (χ3n) is 4.86. The number of amides is 1. The van der Waals surface area contributed by atoms with Crippen molar-refractivity contribution in [3.05, 3.63) is 100 Å². The summed E-state index contributed by atoms with van der Waals surface area (Å²) < 4.78 is 6.77. The number of anilines is 1. The fourth-order valence-electron chi connectivity index (χ4n) is 3.24. The maximum atomic E-state index is 12.4. The molecule has 6 nitrogen and oxygen atoms in total. The van der Waals surface area contributed by atoms with Crippen LogP contribution in [0.4, 0.5) is 5.69 Å². The number of nitrogens with one attached hydrogen (secondary N) is 1. The maximum absolute atomic E-state index is 12.4. The highest BCUT2D eigenvalue weighted by Gasteiger charge is 2.08. The molecule has 5 rings (SSSR count). The summed E-state index contributed by atoms with van der Waals surface area (Å²) in [5.74, 6) is 0.994. The molecule has 0 aliphatic rings. The van der Waals surface area contributed by atoms with Crippen molar-refractivity contribution in [3.8, 4) is 17.0 Å². The van der Waals surface area contributed by atoms with Crippen LogP contribution < -0.4 is 5.32 Å². The van der Waals surface area contributed by atoms with Crippen LogP contribution in [-0.2, 0) is 4.79 Å². The Kier molecular flexibility index (Phi) is 5.81. The molecule has 5 aromatic rings. The average molecular weight is 520 g/mol. The largest absolute Gasteiger partial charge is 0.457 e. The number of aromatic nitrogens is 3. The van der Waals surface area contributed by atoms with E-state index in [-0.39, 0.29) is 5.91 Å². The van der Waals surface area contributed by atoms with Gasteiger partial charge in [-0.1, -0.05) is 27.5 Å². The summed E-state index contributed by atoms with van der Waals surface area (Å²) in [5.41, 5.74) is 3.80. The van der Waals surface area contributed by atoms with Gasteiger partial charge in [0, 0.05) is 26.8 Å². The molecule has 162 valence electrons. The van der Waals surface area contributed by atoms with Gasteiger partial charge in [-0.05, 0) is 84.9 Å². The predicted octanol–water partition coefficient (Wildman–Crippen LogP) is 6.75. The van der Waals surface area contributed by atoms with Gasteiger partial charge in [0.1, 0.15) is 22.6 Å². The molecule has 0 spiro atoms. The van der Waals surface area contributed by atoms with E-state index in [0.717, 1.165) is 21.2 Å². The van der Waals surface area contributed by atoms with Gasteiger partial charge in [0.25, 0.3) is 0 Å². The minimum absolute atomic E-state index is 0.279. The van der Waals surface area contributed by atoms with Crippen LogP contribution in [0.2, 0.25) is 5.02 Å². The van der Waals surface area contributed by atoms with Crippen LogP contribution in [0.25, 0.3) is 34.1 Å². The average Bonchev–Trinajstić information content (AvgIpc) is 3.46. The van der Waals surface area contributed by atoms with E-state index < -0.39 is 0 Å². The molecule has 1 amide bonds. The number of hydrogen-bond donors (Lipinski definition) is 1. The minimum Gasteiger partial charge on any atom is -0.457 e. The van der Waals surface area contributed by atoms with Gasteiger partial charge >= 0.3 is 0 Å². The molecule has 2 aromatic heterocycles. The van der Waals surface area contributed by atoms with Crippen LogP contribution in [-0.4, -0.2) is 20.9 Å². The third-order valence-corrected chi connectivity index (χ3v) is 5.64. The lowest BCUT2D eigenvalue weighted by atomic mass is 10.2. The number of carbonyl (C=O) groups excluding carboxylic acids is 1. The molecule has 0 saturated carbocycles. The van der Waals surface area contributed by atoms with Crippen LogP contribution in [0.15, 0.2) is 93.8 Å². The van der Waals surface area contributed by atoms with Crippen LogP contribution in [0.5, 0.6) is 0 Å². The van der Waals surface area contributed by atoms with E-state index >= 15 is 0 Å². The highest BCUT2D eigenvalue weighted by Crippen LogP contribution is 2.24. The first-order chi connectivity index (χ1) is 16.0. The zero-order chi connectivity index (χ0) is 22.8. The van der Waals surface area contributed by atoms with Gasteiger partial charge in [-0.3, -0.25) is 4.79 Å². The van der Waals surface area contributed by atoms with E-state index in [9.17, 15) is 4.79 Å². The quantitative estimate of drug-likeness (QED) is 0.261. The predicted molar refractivity (Wildman–Crippen MR) is 133 cm³/mol. The first-order valence-corrected chi connectivity index (χ1v) is 11.2. The Morgan fingerprint density at radius 1 is 0.939 bits per heavy atom. The number of rotatable bonds is 5. The number of nitrogens with zero attached hydrogens (tertiary/aromatic N) is 3. The van der Waals surface area contributed by atoms with Crippen molar-refractivity contribution >= 4 is 56.2 Å². The van der Waals surface area contributed by atoms with Crippen molar-refractivity contribution in [2.45, 2.75) is 0 Å². The van der Waals surface area contributed by atoms with E-state index in [4.69, 9.17) is 16.0 Å². The molecule has 0 fully saturated rings. The van der Waals surface area contributed by atoms with Crippen molar-refractivity contribution < 1.29 is 9.21 Å². The molecule has 1 N–H and O–H groups in total. The summed E-state index contributed by atoms with van der Waals surface area (Å²) in [5, 5.41) is 12.5. The van der Waals surface area contributed by atoms with Gasteiger partial charge in [0.15, 0.2) is 0 Å². The van der Waals surface area contributed by atoms with Gasteiger partial charge < -0.3 is 9.73 Å². The van der Waals surface area contributed by atoms with E-state index in [2.05, 4.69) is 31.4 Å². The van der Waals surface area contributed by atoms with Crippen LogP contribution >= 0.6 is 27.5 Å². The fraction of sp³-hybridized carbons (Fsp3) is 0. The molecule has 8 heteroatoms. The van der Waals surface area contributed by atoms with Gasteiger partial charge in [0.05, 0.1) is 5.69 Å². The highest BCUT2D eigenvalue weighted by molar-refractivity contribution is 9.10. The fourth-order valence-corrected chi connectivity index (χ4v) is 3.63. The second-order valence-corrected chi connectivity index (χ2v) is 8.55. The number of hydrogen-bond acceptors (Lipinski definition) is 4. The van der Waals surface area contributed by atoms with Gasteiger partial charge in [-0.2, -0.15) is 4.80 Å². The molecular weight excluding hydrogens is 504 g/mol. The van der Waals surface area contributed by atoms with Crippen LogP contribution in [0, 0.1) is 0 Å². The number of furan rings is 1. The third kappa shape index (κ3) is 4.89. The van der Waals surface area contributed by atoms with Crippen molar-refractivity contribution in [2.24, 2.45) is 0 Å². The van der Waals surface area contributed by atoms with Crippen molar-refractivity contribution in [1.29, 1.82) is 0 Å². The number of fused-ring (bicyclic) bond motifs is 1. The Bertz CT molecular complexity index is 1470. The molecule has 0 atom stereocenters. The van der Waals surface area contributed by atoms with Crippen molar-refractivity contribution in [2.75, 3.05) is 5.32 Å². The summed E-state index contributed by atoms with van der Waals surface area (Å²) in [4.78, 5) is 14.0. The van der Waals surface area contributed by atoms with Gasteiger partial charge in [-0.25, -0.2) is 0 Å². The first-order valence-electron chi connectivity index (χ1n) is 10.0. The zero-order valence-corrected chi connectivity index (χ0v) is 19.4. The van der Waals surface area contributed by atoms with Crippen molar-refractivity contribution in [3.63, 3.8) is 0 Å². The molecule has 0 unspecified atom stereocenters. The van der Waals surface area contributed by atoms with E-state index in [0.29, 0.717) is 27.7 Å². The zero-order valence-electron chi connectivity index (χ0n) is 17.1. The first kappa shape index (κ1) is 21.2. The topological polar surface area (TPSA) is 73.0 Å². The molecule has 3 aromatic carbocycles. The number of benzene rings is 3. The Labute approximate surface area is 202 Å². The van der Waals surface area contributed by atoms with Crippen LogP contribution in [0.3, 0.4) is 0 Å². The summed E-state index contributed by atoms with van der Waals surface area (Å²) in [6.45, 7) is 0. The molecule has 33 heavy (non-hydrogen) atoms. The lowest BCUT2D eigenvalue weighted by Crippen LogP contribution is -2.07. The summed E-state index contributed by atoms with van der Waals surface area (Å²) >= 11 is 9.35. The molecule has 0 bridgehead atoms.